The third kappa shape index (κ3) is 8.89. The summed E-state index contributed by atoms with van der Waals surface area (Å²) in [6.07, 6.45) is -7.77. The van der Waals surface area contributed by atoms with Gasteiger partial charge in [0.05, 0.1) is 5.56 Å². The van der Waals surface area contributed by atoms with E-state index in [4.69, 9.17) is 14.5 Å². The number of hydrogen-bond acceptors (Lipinski definition) is 4. The van der Waals surface area contributed by atoms with E-state index in [-0.39, 0.29) is 18.0 Å². The molecule has 27 heavy (non-hydrogen) atoms. The van der Waals surface area contributed by atoms with Crippen molar-refractivity contribution in [1.29, 1.82) is 0 Å². The number of rotatable bonds is 7. The first kappa shape index (κ1) is 22.9. The van der Waals surface area contributed by atoms with Gasteiger partial charge in [-0.3, -0.25) is 14.7 Å². The topological polar surface area (TPSA) is 125 Å². The lowest BCUT2D eigenvalue weighted by atomic mass is 10.1. The van der Waals surface area contributed by atoms with Crippen molar-refractivity contribution in [1.82, 2.24) is 5.32 Å². The average Bonchev–Trinajstić information content (AvgIpc) is 2.50. The summed E-state index contributed by atoms with van der Waals surface area (Å²) in [6, 6.07) is 3.59. The second kappa shape index (κ2) is 9.20. The molecule has 0 aliphatic heterocycles. The second-order valence-corrected chi connectivity index (χ2v) is 7.73. The Kier molecular flexibility index (Phi) is 7.82. The van der Waals surface area contributed by atoms with Crippen molar-refractivity contribution in [3.8, 4) is 0 Å². The summed E-state index contributed by atoms with van der Waals surface area (Å²) in [6.45, 7) is 3.47. The molecule has 1 aromatic rings. The summed E-state index contributed by atoms with van der Waals surface area (Å²) < 4.78 is 53.3. The Bertz CT molecular complexity index is 702. The molecule has 0 bridgehead atoms. The van der Waals surface area contributed by atoms with Crippen LogP contribution in [-0.4, -0.2) is 34.2 Å². The standard InChI is InChI=1S/C15H20F3N2O6P/c1-9(2)7-12(13(21)19-8-27(23,24)25)26-14(22)20-11-5-3-10(4-6-11)15(16,17)18/h3-6,9,12H,7-8H2,1-2H3,(H,19,21)(H,20,22)(H2,23,24,25)/t12-/m0/s1. The molecule has 0 radical (unpaired) electrons. The van der Waals surface area contributed by atoms with Gasteiger partial charge in [-0.05, 0) is 36.6 Å². The number of carbonyl (C=O) groups is 2. The molecule has 0 aliphatic rings. The fourth-order valence-electron chi connectivity index (χ4n) is 1.95. The Labute approximate surface area is 153 Å². The van der Waals surface area contributed by atoms with Crippen LogP contribution in [-0.2, 0) is 20.3 Å². The molecule has 2 amide bonds. The number of amides is 2. The molecule has 0 saturated heterocycles. The van der Waals surface area contributed by atoms with Crippen LogP contribution in [0.25, 0.3) is 0 Å². The number of ether oxygens (including phenoxy) is 1. The molecule has 152 valence electrons. The van der Waals surface area contributed by atoms with Gasteiger partial charge in [0, 0.05) is 5.69 Å². The van der Waals surface area contributed by atoms with Gasteiger partial charge in [0.2, 0.25) is 0 Å². The fraction of sp³-hybridized carbons (Fsp3) is 0.467. The first-order valence-electron chi connectivity index (χ1n) is 7.75. The third-order valence-corrected chi connectivity index (χ3v) is 3.72. The van der Waals surface area contributed by atoms with E-state index < -0.39 is 43.7 Å². The predicted molar refractivity (Wildman–Crippen MR) is 89.8 cm³/mol. The zero-order valence-corrected chi connectivity index (χ0v) is 15.4. The SMILES string of the molecule is CC(C)C[C@H](OC(=O)Nc1ccc(C(F)(F)F)cc1)C(=O)NCP(=O)(O)O. The highest BCUT2D eigenvalue weighted by molar-refractivity contribution is 7.51. The first-order valence-corrected chi connectivity index (χ1v) is 9.55. The molecular weight excluding hydrogens is 392 g/mol. The summed E-state index contributed by atoms with van der Waals surface area (Å²) in [4.78, 5) is 41.5. The van der Waals surface area contributed by atoms with Crippen molar-refractivity contribution in [2.45, 2.75) is 32.5 Å². The molecule has 12 heteroatoms. The maximum Gasteiger partial charge on any atom is 0.416 e. The monoisotopic (exact) mass is 412 g/mol. The van der Waals surface area contributed by atoms with Gasteiger partial charge in [0.25, 0.3) is 5.91 Å². The highest BCUT2D eigenvalue weighted by atomic mass is 31.2. The molecule has 0 heterocycles. The minimum atomic E-state index is -4.52. The van der Waals surface area contributed by atoms with E-state index in [0.717, 1.165) is 24.3 Å². The highest BCUT2D eigenvalue weighted by Gasteiger charge is 2.30. The zero-order valence-electron chi connectivity index (χ0n) is 14.5. The van der Waals surface area contributed by atoms with Crippen molar-refractivity contribution in [2.24, 2.45) is 5.92 Å². The zero-order chi connectivity index (χ0) is 20.8. The number of hydrogen-bond donors (Lipinski definition) is 4. The van der Waals surface area contributed by atoms with Crippen molar-refractivity contribution >= 4 is 25.3 Å². The van der Waals surface area contributed by atoms with E-state index in [0.29, 0.717) is 0 Å². The van der Waals surface area contributed by atoms with Crippen molar-refractivity contribution < 1.29 is 41.8 Å². The van der Waals surface area contributed by atoms with Gasteiger partial charge in [-0.25, -0.2) is 4.79 Å². The van der Waals surface area contributed by atoms with Crippen LogP contribution in [0.1, 0.15) is 25.8 Å². The van der Waals surface area contributed by atoms with E-state index in [1.165, 1.54) is 0 Å². The van der Waals surface area contributed by atoms with E-state index in [1.54, 1.807) is 13.8 Å². The number of alkyl halides is 3. The maximum atomic E-state index is 12.5. The van der Waals surface area contributed by atoms with Gasteiger partial charge < -0.3 is 19.8 Å². The maximum absolute atomic E-state index is 12.5. The smallest absolute Gasteiger partial charge is 0.416 e. The minimum absolute atomic E-state index is 0.0203. The lowest BCUT2D eigenvalue weighted by Crippen LogP contribution is -2.39. The molecule has 0 aromatic heterocycles. The molecule has 1 atom stereocenters. The van der Waals surface area contributed by atoms with Gasteiger partial charge >= 0.3 is 19.9 Å². The minimum Gasteiger partial charge on any atom is -0.436 e. The molecular formula is C15H20F3N2O6P. The van der Waals surface area contributed by atoms with Crippen LogP contribution in [0.15, 0.2) is 24.3 Å². The quantitative estimate of drug-likeness (QED) is 0.511. The van der Waals surface area contributed by atoms with Gasteiger partial charge in [-0.1, -0.05) is 13.8 Å². The molecule has 4 N–H and O–H groups in total. The number of carbonyl (C=O) groups excluding carboxylic acids is 2. The Morgan fingerprint density at radius 1 is 1.19 bits per heavy atom. The van der Waals surface area contributed by atoms with Crippen LogP contribution in [0.2, 0.25) is 0 Å². The lowest BCUT2D eigenvalue weighted by Gasteiger charge is -2.19. The molecule has 0 saturated carbocycles. The highest BCUT2D eigenvalue weighted by Crippen LogP contribution is 2.32. The van der Waals surface area contributed by atoms with E-state index in [9.17, 15) is 27.3 Å². The molecule has 0 spiro atoms. The Morgan fingerprint density at radius 2 is 1.74 bits per heavy atom. The summed E-state index contributed by atoms with van der Waals surface area (Å²) in [7, 11) is -4.48. The summed E-state index contributed by atoms with van der Waals surface area (Å²) >= 11 is 0. The van der Waals surface area contributed by atoms with E-state index in [1.807, 2.05) is 5.32 Å². The van der Waals surface area contributed by atoms with Crippen LogP contribution in [0.4, 0.5) is 23.7 Å². The Hall–Kier alpha value is -2.10. The van der Waals surface area contributed by atoms with Gasteiger partial charge in [-0.2, -0.15) is 13.2 Å². The Morgan fingerprint density at radius 3 is 2.19 bits per heavy atom. The summed E-state index contributed by atoms with van der Waals surface area (Å²) in [5.41, 5.74) is -0.872. The van der Waals surface area contributed by atoms with Gasteiger partial charge in [0.15, 0.2) is 6.10 Å². The van der Waals surface area contributed by atoms with Gasteiger partial charge in [0.1, 0.15) is 6.29 Å². The first-order chi connectivity index (χ1) is 12.3. The molecule has 0 fully saturated rings. The fourth-order valence-corrected chi connectivity index (χ4v) is 2.31. The average molecular weight is 412 g/mol. The summed E-state index contributed by atoms with van der Waals surface area (Å²) in [5.74, 6) is -0.982. The number of halogens is 3. The van der Waals surface area contributed by atoms with Crippen LogP contribution >= 0.6 is 7.60 Å². The molecule has 1 aromatic carbocycles. The number of benzene rings is 1. The number of anilines is 1. The van der Waals surface area contributed by atoms with Crippen LogP contribution in [0.5, 0.6) is 0 Å². The molecule has 0 unspecified atom stereocenters. The van der Waals surface area contributed by atoms with Crippen molar-refractivity contribution in [2.75, 3.05) is 11.6 Å². The largest absolute Gasteiger partial charge is 0.436 e. The number of nitrogens with one attached hydrogen (secondary N) is 2. The molecule has 1 rings (SSSR count). The van der Waals surface area contributed by atoms with Crippen molar-refractivity contribution in [3.63, 3.8) is 0 Å². The summed E-state index contributed by atoms with van der Waals surface area (Å²) in [5, 5.41) is 4.18. The molecule has 8 nitrogen and oxygen atoms in total. The van der Waals surface area contributed by atoms with E-state index in [2.05, 4.69) is 5.32 Å². The Balaban J connectivity index is 2.73. The van der Waals surface area contributed by atoms with Crippen LogP contribution < -0.4 is 10.6 Å². The molecule has 0 aliphatic carbocycles. The van der Waals surface area contributed by atoms with Crippen molar-refractivity contribution in [3.05, 3.63) is 29.8 Å². The normalized spacial score (nSPS) is 13.2. The second-order valence-electron chi connectivity index (χ2n) is 6.09. The van der Waals surface area contributed by atoms with E-state index >= 15 is 0 Å². The predicted octanol–water partition coefficient (Wildman–Crippen LogP) is 2.92. The van der Waals surface area contributed by atoms with Gasteiger partial charge in [-0.15, -0.1) is 0 Å². The third-order valence-electron chi connectivity index (χ3n) is 3.15. The van der Waals surface area contributed by atoms with Crippen LogP contribution in [0, 0.1) is 5.92 Å². The lowest BCUT2D eigenvalue weighted by molar-refractivity contribution is -0.137. The van der Waals surface area contributed by atoms with Crippen LogP contribution in [0.3, 0.4) is 0 Å².